The zero-order valence-corrected chi connectivity index (χ0v) is 11.3. The number of carbonyl (C=O) groups is 2. The minimum Gasteiger partial charge on any atom is -0.496 e. The van der Waals surface area contributed by atoms with Crippen molar-refractivity contribution in [2.24, 2.45) is 0 Å². The van der Waals surface area contributed by atoms with Crippen molar-refractivity contribution >= 4 is 11.7 Å². The number of nitrogens with one attached hydrogen (secondary N) is 1. The number of Topliss-reactive ketones (excluding diaryl/α,β-unsaturated/α-hetero) is 1. The standard InChI is InChI=1S/C14H19NO3/c1-9-5-12(6-10(2)14(9)18-4)8-15-13(17)7-11(3)16/h5-6H,7-8H2,1-4H3,(H,15,17). The van der Waals surface area contributed by atoms with E-state index in [9.17, 15) is 9.59 Å². The van der Waals surface area contributed by atoms with E-state index in [0.717, 1.165) is 22.4 Å². The molecule has 0 saturated carbocycles. The van der Waals surface area contributed by atoms with E-state index in [2.05, 4.69) is 5.32 Å². The lowest BCUT2D eigenvalue weighted by Gasteiger charge is -2.11. The van der Waals surface area contributed by atoms with Crippen LogP contribution in [0.2, 0.25) is 0 Å². The number of rotatable bonds is 5. The molecule has 0 spiro atoms. The van der Waals surface area contributed by atoms with Crippen LogP contribution in [0.3, 0.4) is 0 Å². The van der Waals surface area contributed by atoms with Crippen LogP contribution < -0.4 is 10.1 Å². The summed E-state index contributed by atoms with van der Waals surface area (Å²) in [5.41, 5.74) is 3.07. The molecule has 4 nitrogen and oxygen atoms in total. The Bertz CT molecular complexity index is 443. The molecule has 0 aromatic heterocycles. The fourth-order valence-corrected chi connectivity index (χ4v) is 1.95. The maximum Gasteiger partial charge on any atom is 0.227 e. The van der Waals surface area contributed by atoms with E-state index in [1.165, 1.54) is 6.92 Å². The molecule has 4 heteroatoms. The summed E-state index contributed by atoms with van der Waals surface area (Å²) in [6.07, 6.45) is -0.0614. The Labute approximate surface area is 107 Å². The van der Waals surface area contributed by atoms with Gasteiger partial charge in [-0.25, -0.2) is 0 Å². The van der Waals surface area contributed by atoms with Gasteiger partial charge in [0.2, 0.25) is 5.91 Å². The lowest BCUT2D eigenvalue weighted by molar-refractivity contribution is -0.127. The van der Waals surface area contributed by atoms with Gasteiger partial charge in [0.25, 0.3) is 0 Å². The molecule has 18 heavy (non-hydrogen) atoms. The second-order valence-electron chi connectivity index (χ2n) is 4.42. The van der Waals surface area contributed by atoms with Gasteiger partial charge in [0.05, 0.1) is 13.5 Å². The highest BCUT2D eigenvalue weighted by Gasteiger charge is 2.07. The Morgan fingerprint density at radius 2 is 1.78 bits per heavy atom. The summed E-state index contributed by atoms with van der Waals surface area (Å²) in [7, 11) is 1.64. The van der Waals surface area contributed by atoms with Crippen molar-refractivity contribution in [2.45, 2.75) is 33.7 Å². The van der Waals surface area contributed by atoms with Crippen molar-refractivity contribution in [3.63, 3.8) is 0 Å². The summed E-state index contributed by atoms with van der Waals surface area (Å²) in [6.45, 7) is 5.76. The first-order valence-electron chi connectivity index (χ1n) is 5.84. The topological polar surface area (TPSA) is 55.4 Å². The van der Waals surface area contributed by atoms with Crippen LogP contribution in [0, 0.1) is 13.8 Å². The number of carbonyl (C=O) groups excluding carboxylic acids is 2. The predicted molar refractivity (Wildman–Crippen MR) is 69.6 cm³/mol. The number of benzene rings is 1. The fraction of sp³-hybridized carbons (Fsp3) is 0.429. The lowest BCUT2D eigenvalue weighted by Crippen LogP contribution is -2.24. The van der Waals surface area contributed by atoms with E-state index in [4.69, 9.17) is 4.74 Å². The molecule has 0 bridgehead atoms. The first-order valence-corrected chi connectivity index (χ1v) is 5.84. The monoisotopic (exact) mass is 249 g/mol. The van der Waals surface area contributed by atoms with Crippen LogP contribution in [-0.2, 0) is 16.1 Å². The zero-order valence-electron chi connectivity index (χ0n) is 11.3. The third-order valence-electron chi connectivity index (χ3n) is 2.62. The Hall–Kier alpha value is -1.84. The van der Waals surface area contributed by atoms with Crippen molar-refractivity contribution in [2.75, 3.05) is 7.11 Å². The fourth-order valence-electron chi connectivity index (χ4n) is 1.95. The molecule has 1 N–H and O–H groups in total. The van der Waals surface area contributed by atoms with E-state index in [-0.39, 0.29) is 18.1 Å². The van der Waals surface area contributed by atoms with E-state index in [1.807, 2.05) is 26.0 Å². The number of ketones is 1. The number of methoxy groups -OCH3 is 1. The van der Waals surface area contributed by atoms with Crippen LogP contribution in [0.5, 0.6) is 5.75 Å². The second-order valence-corrected chi connectivity index (χ2v) is 4.42. The molecular formula is C14H19NO3. The van der Waals surface area contributed by atoms with E-state index in [0.29, 0.717) is 6.54 Å². The summed E-state index contributed by atoms with van der Waals surface area (Å²) in [5.74, 6) is 0.497. The molecule has 0 saturated heterocycles. The van der Waals surface area contributed by atoms with Gasteiger partial charge >= 0.3 is 0 Å². The van der Waals surface area contributed by atoms with Gasteiger partial charge in [-0.05, 0) is 37.5 Å². The van der Waals surface area contributed by atoms with Crippen molar-refractivity contribution in [3.05, 3.63) is 28.8 Å². The van der Waals surface area contributed by atoms with Crippen LogP contribution in [0.25, 0.3) is 0 Å². The van der Waals surface area contributed by atoms with Gasteiger partial charge in [-0.15, -0.1) is 0 Å². The molecule has 98 valence electrons. The molecule has 1 amide bonds. The maximum atomic E-state index is 11.4. The minimum absolute atomic E-state index is 0.0614. The molecule has 1 aromatic rings. The molecule has 0 aliphatic rings. The highest BCUT2D eigenvalue weighted by atomic mass is 16.5. The Kier molecular flexibility index (Phi) is 4.89. The van der Waals surface area contributed by atoms with E-state index in [1.54, 1.807) is 7.11 Å². The molecule has 0 aliphatic heterocycles. The van der Waals surface area contributed by atoms with Crippen LogP contribution in [0.1, 0.15) is 30.0 Å². The molecule has 0 aliphatic carbocycles. The molecule has 0 heterocycles. The molecule has 0 atom stereocenters. The van der Waals surface area contributed by atoms with Crippen LogP contribution >= 0.6 is 0 Å². The SMILES string of the molecule is COc1c(C)cc(CNC(=O)CC(C)=O)cc1C. The lowest BCUT2D eigenvalue weighted by atomic mass is 10.1. The van der Waals surface area contributed by atoms with Crippen LogP contribution in [0.15, 0.2) is 12.1 Å². The minimum atomic E-state index is -0.242. The van der Waals surface area contributed by atoms with Crippen LogP contribution in [-0.4, -0.2) is 18.8 Å². The summed E-state index contributed by atoms with van der Waals surface area (Å²) in [5, 5.41) is 2.72. The van der Waals surface area contributed by atoms with Crippen molar-refractivity contribution in [1.29, 1.82) is 0 Å². The Morgan fingerprint density at radius 1 is 1.22 bits per heavy atom. The Morgan fingerprint density at radius 3 is 2.22 bits per heavy atom. The first kappa shape index (κ1) is 14.2. The van der Waals surface area contributed by atoms with Crippen molar-refractivity contribution in [1.82, 2.24) is 5.32 Å². The van der Waals surface area contributed by atoms with E-state index >= 15 is 0 Å². The average Bonchev–Trinajstić information content (AvgIpc) is 2.25. The summed E-state index contributed by atoms with van der Waals surface area (Å²) < 4.78 is 5.28. The first-order chi connectivity index (χ1) is 8.43. The van der Waals surface area contributed by atoms with Gasteiger partial charge < -0.3 is 10.1 Å². The summed E-state index contributed by atoms with van der Waals surface area (Å²) >= 11 is 0. The normalized spacial score (nSPS) is 10.0. The third kappa shape index (κ3) is 3.87. The largest absolute Gasteiger partial charge is 0.496 e. The average molecular weight is 249 g/mol. The molecule has 1 rings (SSSR count). The highest BCUT2D eigenvalue weighted by molar-refractivity contribution is 5.96. The number of aryl methyl sites for hydroxylation is 2. The number of ether oxygens (including phenoxy) is 1. The Balaban J connectivity index is 2.69. The number of amides is 1. The molecule has 1 aromatic carbocycles. The summed E-state index contributed by atoms with van der Waals surface area (Å²) in [6, 6.07) is 3.94. The molecule has 0 fully saturated rings. The smallest absolute Gasteiger partial charge is 0.227 e. The van der Waals surface area contributed by atoms with Gasteiger partial charge in [0, 0.05) is 6.54 Å². The van der Waals surface area contributed by atoms with Crippen molar-refractivity contribution < 1.29 is 14.3 Å². The van der Waals surface area contributed by atoms with Crippen LogP contribution in [0.4, 0.5) is 0 Å². The number of hydrogen-bond acceptors (Lipinski definition) is 3. The summed E-state index contributed by atoms with van der Waals surface area (Å²) in [4.78, 5) is 22.1. The van der Waals surface area contributed by atoms with Gasteiger partial charge in [-0.3, -0.25) is 9.59 Å². The predicted octanol–water partition coefficient (Wildman–Crippen LogP) is 1.91. The van der Waals surface area contributed by atoms with Gasteiger partial charge in [-0.2, -0.15) is 0 Å². The van der Waals surface area contributed by atoms with Crippen molar-refractivity contribution in [3.8, 4) is 5.75 Å². The van der Waals surface area contributed by atoms with Gasteiger partial charge in [0.1, 0.15) is 11.5 Å². The van der Waals surface area contributed by atoms with E-state index < -0.39 is 0 Å². The quantitative estimate of drug-likeness (QED) is 0.811. The molecule has 0 radical (unpaired) electrons. The highest BCUT2D eigenvalue weighted by Crippen LogP contribution is 2.24. The number of hydrogen-bond donors (Lipinski definition) is 1. The third-order valence-corrected chi connectivity index (χ3v) is 2.62. The van der Waals surface area contributed by atoms with Gasteiger partial charge in [0.15, 0.2) is 0 Å². The van der Waals surface area contributed by atoms with Gasteiger partial charge in [-0.1, -0.05) is 12.1 Å². The second kappa shape index (κ2) is 6.19. The maximum absolute atomic E-state index is 11.4. The zero-order chi connectivity index (χ0) is 13.7. The molecule has 0 unspecified atom stereocenters. The molecular weight excluding hydrogens is 230 g/mol.